The van der Waals surface area contributed by atoms with Crippen LogP contribution in [0.3, 0.4) is 0 Å². The van der Waals surface area contributed by atoms with Crippen LogP contribution in [0, 0.1) is 0 Å². The van der Waals surface area contributed by atoms with Crippen LogP contribution in [0.15, 0.2) is 54.4 Å². The second-order valence-corrected chi connectivity index (χ2v) is 6.32. The highest BCUT2D eigenvalue weighted by Crippen LogP contribution is 2.38. The number of carbonyl (C=O) groups excluding carboxylic acids is 2. The van der Waals surface area contributed by atoms with Gasteiger partial charge in [0.2, 0.25) is 0 Å². The van der Waals surface area contributed by atoms with Crippen molar-refractivity contribution in [2.24, 2.45) is 0 Å². The van der Waals surface area contributed by atoms with Gasteiger partial charge in [-0.05, 0) is 23.6 Å². The molecule has 140 valence electrons. The first kappa shape index (κ1) is 18.8. The summed E-state index contributed by atoms with van der Waals surface area (Å²) in [6, 6.07) is 10.1. The molecule has 0 aliphatic carbocycles. The summed E-state index contributed by atoms with van der Waals surface area (Å²) in [4.78, 5) is 30.9. The molecule has 0 saturated carbocycles. The fourth-order valence-corrected chi connectivity index (χ4v) is 3.24. The number of rotatable bonds is 6. The van der Waals surface area contributed by atoms with Crippen LogP contribution in [0.4, 0.5) is 0 Å². The van der Waals surface area contributed by atoms with Crippen molar-refractivity contribution >= 4 is 17.4 Å². The molecular weight excluding hydrogens is 344 g/mol. The van der Waals surface area contributed by atoms with Gasteiger partial charge < -0.3 is 14.7 Å². The summed E-state index contributed by atoms with van der Waals surface area (Å²) in [6.45, 7) is 2.57. The third-order valence-electron chi connectivity index (χ3n) is 4.71. The van der Waals surface area contributed by atoms with E-state index in [-0.39, 0.29) is 24.5 Å². The molecule has 1 saturated heterocycles. The van der Waals surface area contributed by atoms with Crippen molar-refractivity contribution in [3.8, 4) is 0 Å². The lowest BCUT2D eigenvalue weighted by molar-refractivity contribution is -0.140. The summed E-state index contributed by atoms with van der Waals surface area (Å²) in [5.41, 5.74) is 2.37. The molecule has 0 spiro atoms. The lowest BCUT2D eigenvalue weighted by Gasteiger charge is -2.24. The Hall–Kier alpha value is -2.99. The molecule has 1 aromatic carbocycles. The van der Waals surface area contributed by atoms with Gasteiger partial charge in [-0.15, -0.1) is 0 Å². The molecule has 0 radical (unpaired) electrons. The Balaban J connectivity index is 2.11. The van der Waals surface area contributed by atoms with Gasteiger partial charge in [0.1, 0.15) is 5.76 Å². The summed E-state index contributed by atoms with van der Waals surface area (Å²) in [5, 5.41) is 10.9. The number of aromatic nitrogens is 1. The lowest BCUT2D eigenvalue weighted by Crippen LogP contribution is -2.32. The first-order valence-corrected chi connectivity index (χ1v) is 8.85. The molecule has 3 rings (SSSR count). The average molecular weight is 366 g/mol. The third kappa shape index (κ3) is 3.61. The number of amides is 1. The summed E-state index contributed by atoms with van der Waals surface area (Å²) < 4.78 is 5.08. The molecular formula is C21H22N2O4. The van der Waals surface area contributed by atoms with E-state index in [0.717, 1.165) is 12.0 Å². The van der Waals surface area contributed by atoms with Gasteiger partial charge in [0.05, 0.1) is 18.2 Å². The fraction of sp³-hybridized carbons (Fsp3) is 0.286. The van der Waals surface area contributed by atoms with E-state index in [0.29, 0.717) is 11.1 Å². The molecule has 6 nitrogen and oxygen atoms in total. The van der Waals surface area contributed by atoms with E-state index in [9.17, 15) is 14.7 Å². The zero-order valence-electron chi connectivity index (χ0n) is 15.4. The summed E-state index contributed by atoms with van der Waals surface area (Å²) in [5.74, 6) is -1.52. The molecule has 1 aliphatic rings. The molecule has 1 aromatic heterocycles. The fourth-order valence-electron chi connectivity index (χ4n) is 3.24. The van der Waals surface area contributed by atoms with Crippen molar-refractivity contribution in [1.29, 1.82) is 0 Å². The van der Waals surface area contributed by atoms with Crippen LogP contribution in [-0.2, 0) is 20.7 Å². The number of aryl methyl sites for hydroxylation is 1. The molecule has 6 heteroatoms. The Kier molecular flexibility index (Phi) is 5.66. The molecule has 0 bridgehead atoms. The summed E-state index contributed by atoms with van der Waals surface area (Å²) in [7, 11) is 1.53. The van der Waals surface area contributed by atoms with Crippen LogP contribution >= 0.6 is 0 Å². The van der Waals surface area contributed by atoms with Gasteiger partial charge in [0.15, 0.2) is 0 Å². The standard InChI is InChI=1S/C21H22N2O4/c1-3-14-6-8-15(9-7-14)19(24)17-18(16-5-4-10-22-13-16)23(11-12-27-2)21(26)20(17)25/h4-10,13,18,24H,3,11-12H2,1-2H3/b19-17-. The van der Waals surface area contributed by atoms with Crippen LogP contribution in [0.2, 0.25) is 0 Å². The van der Waals surface area contributed by atoms with Crippen molar-refractivity contribution in [3.05, 3.63) is 71.1 Å². The number of aliphatic hydroxyl groups excluding tert-OH is 1. The molecule has 1 N–H and O–H groups in total. The lowest BCUT2D eigenvalue weighted by atomic mass is 9.96. The molecule has 1 amide bonds. The van der Waals surface area contributed by atoms with Gasteiger partial charge in [-0.2, -0.15) is 0 Å². The van der Waals surface area contributed by atoms with Crippen molar-refractivity contribution in [1.82, 2.24) is 9.88 Å². The van der Waals surface area contributed by atoms with Crippen LogP contribution in [0.25, 0.3) is 5.76 Å². The minimum atomic E-state index is -0.697. The van der Waals surface area contributed by atoms with Crippen LogP contribution in [-0.4, -0.2) is 46.9 Å². The van der Waals surface area contributed by atoms with Crippen LogP contribution < -0.4 is 0 Å². The number of hydrogen-bond acceptors (Lipinski definition) is 5. The van der Waals surface area contributed by atoms with Gasteiger partial charge in [-0.3, -0.25) is 14.6 Å². The number of hydrogen-bond donors (Lipinski definition) is 1. The number of ether oxygens (including phenoxy) is 1. The number of carbonyl (C=O) groups is 2. The zero-order chi connectivity index (χ0) is 19.4. The maximum Gasteiger partial charge on any atom is 0.295 e. The zero-order valence-corrected chi connectivity index (χ0v) is 15.4. The highest BCUT2D eigenvalue weighted by atomic mass is 16.5. The van der Waals surface area contributed by atoms with Crippen LogP contribution in [0.1, 0.15) is 29.7 Å². The number of benzene rings is 1. The van der Waals surface area contributed by atoms with Crippen LogP contribution in [0.5, 0.6) is 0 Å². The molecule has 27 heavy (non-hydrogen) atoms. The van der Waals surface area contributed by atoms with E-state index in [4.69, 9.17) is 4.74 Å². The second-order valence-electron chi connectivity index (χ2n) is 6.32. The predicted molar refractivity (Wildman–Crippen MR) is 101 cm³/mol. The average Bonchev–Trinajstić information content (AvgIpc) is 2.97. The number of nitrogens with zero attached hydrogens (tertiary/aromatic N) is 2. The normalized spacial score (nSPS) is 18.9. The van der Waals surface area contributed by atoms with E-state index in [1.54, 1.807) is 36.7 Å². The van der Waals surface area contributed by atoms with Crippen molar-refractivity contribution in [3.63, 3.8) is 0 Å². The first-order chi connectivity index (χ1) is 13.1. The van der Waals surface area contributed by atoms with E-state index >= 15 is 0 Å². The molecule has 1 fully saturated rings. The van der Waals surface area contributed by atoms with Gasteiger partial charge in [-0.1, -0.05) is 37.3 Å². The summed E-state index contributed by atoms with van der Waals surface area (Å²) >= 11 is 0. The monoisotopic (exact) mass is 366 g/mol. The van der Waals surface area contributed by atoms with Crippen molar-refractivity contribution in [2.75, 3.05) is 20.3 Å². The predicted octanol–water partition coefficient (Wildman–Crippen LogP) is 2.71. The van der Waals surface area contributed by atoms with Gasteiger partial charge in [-0.25, -0.2) is 0 Å². The van der Waals surface area contributed by atoms with Crippen molar-refractivity contribution in [2.45, 2.75) is 19.4 Å². The Morgan fingerprint density at radius 2 is 1.96 bits per heavy atom. The number of Topliss-reactive ketones (excluding diaryl/α,β-unsaturated/α-hetero) is 1. The van der Waals surface area contributed by atoms with E-state index in [2.05, 4.69) is 4.98 Å². The number of likely N-dealkylation sites (tertiary alicyclic amines) is 1. The molecule has 2 heterocycles. The van der Waals surface area contributed by atoms with E-state index in [1.807, 2.05) is 19.1 Å². The molecule has 2 aromatic rings. The maximum absolute atomic E-state index is 12.7. The molecule has 1 aliphatic heterocycles. The number of aliphatic hydroxyl groups is 1. The largest absolute Gasteiger partial charge is 0.507 e. The van der Waals surface area contributed by atoms with E-state index < -0.39 is 17.7 Å². The highest BCUT2D eigenvalue weighted by Gasteiger charge is 2.45. The van der Waals surface area contributed by atoms with Crippen molar-refractivity contribution < 1.29 is 19.4 Å². The SMILES string of the molecule is CCc1ccc(/C(O)=C2/C(=O)C(=O)N(CCOC)C2c2cccnc2)cc1. The second kappa shape index (κ2) is 8.14. The van der Waals surface area contributed by atoms with Gasteiger partial charge in [0.25, 0.3) is 11.7 Å². The Labute approximate surface area is 158 Å². The number of pyridine rings is 1. The quantitative estimate of drug-likeness (QED) is 0.483. The highest BCUT2D eigenvalue weighted by molar-refractivity contribution is 6.46. The summed E-state index contributed by atoms with van der Waals surface area (Å²) in [6.07, 6.45) is 4.09. The Morgan fingerprint density at radius 1 is 1.22 bits per heavy atom. The van der Waals surface area contributed by atoms with Gasteiger partial charge >= 0.3 is 0 Å². The number of ketones is 1. The molecule has 1 unspecified atom stereocenters. The minimum absolute atomic E-state index is 0.0772. The topological polar surface area (TPSA) is 79.7 Å². The third-order valence-corrected chi connectivity index (χ3v) is 4.71. The number of methoxy groups -OCH3 is 1. The minimum Gasteiger partial charge on any atom is -0.507 e. The first-order valence-electron chi connectivity index (χ1n) is 8.85. The smallest absolute Gasteiger partial charge is 0.295 e. The Morgan fingerprint density at radius 3 is 2.56 bits per heavy atom. The maximum atomic E-state index is 12.7. The molecule has 1 atom stereocenters. The van der Waals surface area contributed by atoms with Gasteiger partial charge in [0, 0.05) is 31.6 Å². The Bertz CT molecular complexity index is 860. The van der Waals surface area contributed by atoms with E-state index in [1.165, 1.54) is 12.0 Å².